The molecule has 0 radical (unpaired) electrons. The van der Waals surface area contributed by atoms with Crippen LogP contribution in [0.4, 0.5) is 0 Å². The van der Waals surface area contributed by atoms with E-state index in [9.17, 15) is 9.90 Å². The standard InChI is InChI=1S/C14H10Cl2N2O2/c15-8-3-1-2-7(4-8)13(19)9-5-11-12(6-10(9)16)18-14(20)17-11/h1-6,13,19H,(H2,17,18,20). The lowest BCUT2D eigenvalue weighted by Crippen LogP contribution is -2.00. The summed E-state index contributed by atoms with van der Waals surface area (Å²) in [6.07, 6.45) is -0.913. The van der Waals surface area contributed by atoms with Crippen molar-refractivity contribution in [1.82, 2.24) is 9.97 Å². The van der Waals surface area contributed by atoms with Crippen molar-refractivity contribution >= 4 is 34.2 Å². The molecule has 3 rings (SSSR count). The van der Waals surface area contributed by atoms with E-state index in [1.165, 1.54) is 0 Å². The molecule has 0 aliphatic carbocycles. The average molecular weight is 309 g/mol. The number of benzene rings is 2. The van der Waals surface area contributed by atoms with Crippen molar-refractivity contribution < 1.29 is 5.11 Å². The SMILES string of the molecule is O=c1[nH]c2cc(Cl)c(C(O)c3cccc(Cl)c3)cc2[nH]1. The third-order valence-corrected chi connectivity index (χ3v) is 3.65. The fraction of sp³-hybridized carbons (Fsp3) is 0.0714. The number of rotatable bonds is 2. The molecule has 102 valence electrons. The smallest absolute Gasteiger partial charge is 0.323 e. The van der Waals surface area contributed by atoms with E-state index in [-0.39, 0.29) is 5.69 Å². The third-order valence-electron chi connectivity index (χ3n) is 3.09. The zero-order valence-corrected chi connectivity index (χ0v) is 11.7. The molecule has 6 heteroatoms. The van der Waals surface area contributed by atoms with Crippen LogP contribution in [0.2, 0.25) is 10.0 Å². The molecule has 1 unspecified atom stereocenters. The number of H-pyrrole nitrogens is 2. The van der Waals surface area contributed by atoms with E-state index in [0.29, 0.717) is 32.2 Å². The Labute approximate surface area is 124 Å². The quantitative estimate of drug-likeness (QED) is 0.680. The van der Waals surface area contributed by atoms with Crippen molar-refractivity contribution in [2.75, 3.05) is 0 Å². The second-order valence-corrected chi connectivity index (χ2v) is 5.30. The molecule has 1 heterocycles. The van der Waals surface area contributed by atoms with Crippen LogP contribution in [-0.4, -0.2) is 15.1 Å². The molecule has 0 aliphatic heterocycles. The number of imidazole rings is 1. The number of aliphatic hydroxyl groups excluding tert-OH is 1. The first-order chi connectivity index (χ1) is 9.54. The van der Waals surface area contributed by atoms with Crippen molar-refractivity contribution in [3.8, 4) is 0 Å². The van der Waals surface area contributed by atoms with Crippen LogP contribution in [0.15, 0.2) is 41.2 Å². The number of aliphatic hydroxyl groups is 1. The first-order valence-corrected chi connectivity index (χ1v) is 6.65. The van der Waals surface area contributed by atoms with Crippen LogP contribution in [0, 0.1) is 0 Å². The molecule has 4 nitrogen and oxygen atoms in total. The van der Waals surface area contributed by atoms with Crippen molar-refractivity contribution in [3.05, 3.63) is 68.1 Å². The topological polar surface area (TPSA) is 68.9 Å². The molecule has 1 atom stereocenters. The molecule has 2 aromatic carbocycles. The van der Waals surface area contributed by atoms with Gasteiger partial charge in [0, 0.05) is 15.6 Å². The molecule has 3 aromatic rings. The summed E-state index contributed by atoms with van der Waals surface area (Å²) < 4.78 is 0. The minimum absolute atomic E-state index is 0.314. The van der Waals surface area contributed by atoms with Gasteiger partial charge < -0.3 is 15.1 Å². The minimum atomic E-state index is -0.913. The van der Waals surface area contributed by atoms with Gasteiger partial charge in [-0.15, -0.1) is 0 Å². The summed E-state index contributed by atoms with van der Waals surface area (Å²) in [7, 11) is 0. The maximum absolute atomic E-state index is 11.3. The second-order valence-electron chi connectivity index (χ2n) is 4.46. The van der Waals surface area contributed by atoms with Gasteiger partial charge in [-0.05, 0) is 29.8 Å². The Morgan fingerprint density at radius 3 is 2.45 bits per heavy atom. The second kappa shape index (κ2) is 4.98. The average Bonchev–Trinajstić information content (AvgIpc) is 2.76. The molecule has 0 bridgehead atoms. The van der Waals surface area contributed by atoms with E-state index < -0.39 is 6.10 Å². The number of aromatic nitrogens is 2. The van der Waals surface area contributed by atoms with Crippen molar-refractivity contribution in [3.63, 3.8) is 0 Å². The van der Waals surface area contributed by atoms with Gasteiger partial charge in [0.25, 0.3) is 0 Å². The van der Waals surface area contributed by atoms with Gasteiger partial charge in [0.05, 0.1) is 11.0 Å². The lowest BCUT2D eigenvalue weighted by molar-refractivity contribution is 0.220. The van der Waals surface area contributed by atoms with Crippen LogP contribution in [0.5, 0.6) is 0 Å². The van der Waals surface area contributed by atoms with E-state index >= 15 is 0 Å². The van der Waals surface area contributed by atoms with Crippen molar-refractivity contribution in [2.24, 2.45) is 0 Å². The van der Waals surface area contributed by atoms with Gasteiger partial charge in [0.15, 0.2) is 0 Å². The van der Waals surface area contributed by atoms with Crippen LogP contribution in [0.25, 0.3) is 11.0 Å². The maximum atomic E-state index is 11.3. The summed E-state index contributed by atoms with van der Waals surface area (Å²) in [5.41, 5.74) is 2.02. The minimum Gasteiger partial charge on any atom is -0.384 e. The molecule has 3 N–H and O–H groups in total. The number of nitrogens with one attached hydrogen (secondary N) is 2. The predicted octanol–water partition coefficient (Wildman–Crippen LogP) is 3.24. The number of hydrogen-bond acceptors (Lipinski definition) is 2. The van der Waals surface area contributed by atoms with Crippen molar-refractivity contribution in [2.45, 2.75) is 6.10 Å². The summed E-state index contributed by atoms with van der Waals surface area (Å²) in [5.74, 6) is 0. The highest BCUT2D eigenvalue weighted by atomic mass is 35.5. The lowest BCUT2D eigenvalue weighted by Gasteiger charge is -2.13. The largest absolute Gasteiger partial charge is 0.384 e. The number of hydrogen-bond donors (Lipinski definition) is 3. The summed E-state index contributed by atoms with van der Waals surface area (Å²) in [5, 5.41) is 11.3. The molecular formula is C14H10Cl2N2O2. The monoisotopic (exact) mass is 308 g/mol. The Balaban J connectivity index is 2.13. The highest BCUT2D eigenvalue weighted by Crippen LogP contribution is 2.31. The van der Waals surface area contributed by atoms with Crippen LogP contribution < -0.4 is 5.69 Å². The van der Waals surface area contributed by atoms with E-state index in [2.05, 4.69) is 9.97 Å². The Bertz CT molecular complexity index is 839. The van der Waals surface area contributed by atoms with Gasteiger partial charge in [0.2, 0.25) is 0 Å². The predicted molar refractivity (Wildman–Crippen MR) is 79.4 cm³/mol. The summed E-state index contributed by atoms with van der Waals surface area (Å²) in [4.78, 5) is 16.5. The Morgan fingerprint density at radius 1 is 1.05 bits per heavy atom. The lowest BCUT2D eigenvalue weighted by atomic mass is 10.0. The van der Waals surface area contributed by atoms with Gasteiger partial charge >= 0.3 is 5.69 Å². The van der Waals surface area contributed by atoms with E-state index in [0.717, 1.165) is 0 Å². The summed E-state index contributed by atoms with van der Waals surface area (Å²) in [6, 6.07) is 10.2. The van der Waals surface area contributed by atoms with Gasteiger partial charge in [-0.3, -0.25) is 0 Å². The highest BCUT2D eigenvalue weighted by molar-refractivity contribution is 6.32. The summed E-state index contributed by atoms with van der Waals surface area (Å²) >= 11 is 12.1. The highest BCUT2D eigenvalue weighted by Gasteiger charge is 2.16. The number of aromatic amines is 2. The number of fused-ring (bicyclic) bond motifs is 1. The van der Waals surface area contributed by atoms with Gasteiger partial charge in [-0.25, -0.2) is 4.79 Å². The first kappa shape index (κ1) is 13.2. The fourth-order valence-electron chi connectivity index (χ4n) is 2.14. The van der Waals surface area contributed by atoms with Gasteiger partial charge in [-0.2, -0.15) is 0 Å². The molecule has 1 aromatic heterocycles. The van der Waals surface area contributed by atoms with E-state index in [1.54, 1.807) is 36.4 Å². The van der Waals surface area contributed by atoms with Crippen LogP contribution in [0.1, 0.15) is 17.2 Å². The Hall–Kier alpha value is -1.75. The zero-order chi connectivity index (χ0) is 14.3. The van der Waals surface area contributed by atoms with E-state index in [4.69, 9.17) is 23.2 Å². The normalized spacial score (nSPS) is 12.8. The molecule has 0 fully saturated rings. The van der Waals surface area contributed by atoms with Crippen LogP contribution in [0.3, 0.4) is 0 Å². The summed E-state index contributed by atoms with van der Waals surface area (Å²) in [6.45, 7) is 0. The van der Waals surface area contributed by atoms with Crippen LogP contribution >= 0.6 is 23.2 Å². The first-order valence-electron chi connectivity index (χ1n) is 5.89. The molecule has 0 amide bonds. The van der Waals surface area contributed by atoms with Crippen LogP contribution in [-0.2, 0) is 0 Å². The zero-order valence-electron chi connectivity index (χ0n) is 10.2. The molecule has 0 saturated carbocycles. The number of halogens is 2. The Morgan fingerprint density at radius 2 is 1.75 bits per heavy atom. The fourth-order valence-corrected chi connectivity index (χ4v) is 2.60. The molecule has 0 spiro atoms. The molecule has 20 heavy (non-hydrogen) atoms. The van der Waals surface area contributed by atoms with E-state index in [1.807, 2.05) is 0 Å². The van der Waals surface area contributed by atoms with Gasteiger partial charge in [-0.1, -0.05) is 35.3 Å². The van der Waals surface area contributed by atoms with Crippen molar-refractivity contribution in [1.29, 1.82) is 0 Å². The molecular weight excluding hydrogens is 299 g/mol. The third kappa shape index (κ3) is 2.33. The maximum Gasteiger partial charge on any atom is 0.323 e. The molecule has 0 aliphatic rings. The molecule has 0 saturated heterocycles. The Kier molecular flexibility index (Phi) is 3.30. The van der Waals surface area contributed by atoms with Gasteiger partial charge in [0.1, 0.15) is 6.10 Å².